The first-order valence-electron chi connectivity index (χ1n) is 0.167. The predicted molar refractivity (Wildman–Crippen MR) is 7.10 cm³/mol. The van der Waals surface area contributed by atoms with Crippen molar-refractivity contribution >= 4 is 0 Å². The fourth-order valence-electron chi connectivity index (χ4n) is 0. The SMILES string of the molecule is [CH3-].[Ir].[Mo].[O]=[W]. The van der Waals surface area contributed by atoms with Gasteiger partial charge in [0.15, 0.2) is 0 Å². The van der Waals surface area contributed by atoms with Gasteiger partial charge in [0.25, 0.3) is 0 Å². The van der Waals surface area contributed by atoms with Gasteiger partial charge in [0, 0.05) is 41.2 Å². The van der Waals surface area contributed by atoms with Crippen LogP contribution in [0.1, 0.15) is 0 Å². The van der Waals surface area contributed by atoms with Gasteiger partial charge >= 0.3 is 23.2 Å². The zero-order chi connectivity index (χ0) is 2.00. The van der Waals surface area contributed by atoms with Crippen LogP contribution in [0.4, 0.5) is 0 Å². The van der Waals surface area contributed by atoms with Crippen molar-refractivity contribution in [1.29, 1.82) is 0 Å². The molecule has 0 unspecified atom stereocenters. The van der Waals surface area contributed by atoms with E-state index in [2.05, 4.69) is 0 Å². The first kappa shape index (κ1) is 29.0. The molecule has 0 aromatic rings. The van der Waals surface area contributed by atoms with Gasteiger partial charge in [-0.15, -0.1) is 0 Å². The molecule has 1 radical (unpaired) electrons. The second-order valence-electron chi connectivity index (χ2n) is 0. The maximum atomic E-state index is 8.33. The first-order valence-corrected chi connectivity index (χ1v) is 1.36. The summed E-state index contributed by atoms with van der Waals surface area (Å²) in [6, 6.07) is 0. The third-order valence-corrected chi connectivity index (χ3v) is 0. The minimum atomic E-state index is 0. The van der Waals surface area contributed by atoms with Crippen LogP contribution in [0.3, 0.4) is 0 Å². The molecular formula is CH3IrMoOW-. The molecule has 0 atom stereocenters. The topological polar surface area (TPSA) is 17.1 Å². The maximum absolute atomic E-state index is 8.33. The molecule has 0 heterocycles. The first-order chi connectivity index (χ1) is 1.00. The van der Waals surface area contributed by atoms with Crippen LogP contribution in [0.15, 0.2) is 0 Å². The molecule has 0 fully saturated rings. The second-order valence-corrected chi connectivity index (χ2v) is 0. The molecule has 0 spiro atoms. The molecule has 0 saturated carbocycles. The van der Waals surface area contributed by atoms with Gasteiger partial charge in [-0.1, -0.05) is 0 Å². The zero-order valence-electron chi connectivity index (χ0n) is 2.56. The van der Waals surface area contributed by atoms with E-state index in [-0.39, 0.29) is 48.6 Å². The van der Waals surface area contributed by atoms with E-state index in [9.17, 15) is 0 Å². The Labute approximate surface area is 71.1 Å². The third-order valence-electron chi connectivity index (χ3n) is 0. The van der Waals surface area contributed by atoms with Crippen molar-refractivity contribution in [2.75, 3.05) is 0 Å². The summed E-state index contributed by atoms with van der Waals surface area (Å²) in [6.07, 6.45) is 0. The summed E-state index contributed by atoms with van der Waals surface area (Å²) >= 11 is 0.333. The van der Waals surface area contributed by atoms with Gasteiger partial charge in [-0.25, -0.2) is 0 Å². The van der Waals surface area contributed by atoms with Crippen LogP contribution in [0, 0.1) is 7.43 Å². The Balaban J connectivity index is -0.00000000167. The quantitative estimate of drug-likeness (QED) is 0.344. The van der Waals surface area contributed by atoms with Crippen LogP contribution in [0.25, 0.3) is 0 Å². The Bertz CT molecular complexity index is 11.6. The molecule has 4 heteroatoms. The average molecular weight is 503 g/mol. The van der Waals surface area contributed by atoms with E-state index >= 15 is 0 Å². The van der Waals surface area contributed by atoms with E-state index in [1.54, 1.807) is 0 Å². The molecule has 1 nitrogen and oxygen atoms in total. The summed E-state index contributed by atoms with van der Waals surface area (Å²) in [5.74, 6) is 0. The molecule has 0 aromatic carbocycles. The molecule has 0 aliphatic carbocycles. The van der Waals surface area contributed by atoms with Crippen LogP contribution < -0.4 is 0 Å². The van der Waals surface area contributed by atoms with E-state index in [1.165, 1.54) is 0 Å². The van der Waals surface area contributed by atoms with Crippen molar-refractivity contribution in [2.24, 2.45) is 0 Å². The standard InChI is InChI=1S/CH3.Ir.Mo.O.W/h1H3;;;;/q-1;;;;. The van der Waals surface area contributed by atoms with E-state index < -0.39 is 0 Å². The van der Waals surface area contributed by atoms with Crippen LogP contribution in [-0.2, 0) is 64.3 Å². The normalized spacial score (nSPS) is 0.800. The molecular weight excluding hydrogens is 500 g/mol. The van der Waals surface area contributed by atoms with Crippen molar-refractivity contribution < 1.29 is 64.3 Å². The van der Waals surface area contributed by atoms with E-state index in [0.29, 0.717) is 19.8 Å². The summed E-state index contributed by atoms with van der Waals surface area (Å²) in [5, 5.41) is 0. The summed E-state index contributed by atoms with van der Waals surface area (Å²) in [6.45, 7) is 0. The molecule has 0 amide bonds. The van der Waals surface area contributed by atoms with Crippen LogP contribution >= 0.6 is 0 Å². The van der Waals surface area contributed by atoms with Gasteiger partial charge in [-0.05, 0) is 0 Å². The minimum absolute atomic E-state index is 0. The van der Waals surface area contributed by atoms with Crippen LogP contribution in [0.5, 0.6) is 0 Å². The van der Waals surface area contributed by atoms with Crippen molar-refractivity contribution in [3.8, 4) is 0 Å². The molecule has 0 N–H and O–H groups in total. The van der Waals surface area contributed by atoms with E-state index in [1.807, 2.05) is 0 Å². The van der Waals surface area contributed by atoms with E-state index in [0.717, 1.165) is 0 Å². The Hall–Kier alpha value is 1.83. The third kappa shape index (κ3) is 25.6. The van der Waals surface area contributed by atoms with Gasteiger partial charge in [0.2, 0.25) is 0 Å². The Morgan fingerprint density at radius 2 is 1.20 bits per heavy atom. The van der Waals surface area contributed by atoms with Gasteiger partial charge in [-0.2, -0.15) is 0 Å². The summed E-state index contributed by atoms with van der Waals surface area (Å²) in [5.41, 5.74) is 0. The van der Waals surface area contributed by atoms with Crippen LogP contribution in [0.2, 0.25) is 0 Å². The summed E-state index contributed by atoms with van der Waals surface area (Å²) in [4.78, 5) is 0. The molecule has 0 aliphatic heterocycles. The molecule has 0 rings (SSSR count). The van der Waals surface area contributed by atoms with Crippen molar-refractivity contribution in [3.05, 3.63) is 7.43 Å². The Morgan fingerprint density at radius 3 is 1.20 bits per heavy atom. The van der Waals surface area contributed by atoms with Crippen molar-refractivity contribution in [1.82, 2.24) is 0 Å². The Kier molecular flexibility index (Phi) is 236. The van der Waals surface area contributed by atoms with E-state index in [4.69, 9.17) is 3.40 Å². The van der Waals surface area contributed by atoms with Crippen molar-refractivity contribution in [3.63, 3.8) is 0 Å². The molecule has 0 saturated heterocycles. The molecule has 5 heavy (non-hydrogen) atoms. The average Bonchev–Trinajstić information content (AvgIpc) is 1.00. The number of rotatable bonds is 0. The molecule has 0 aliphatic rings. The summed E-state index contributed by atoms with van der Waals surface area (Å²) in [7, 11) is 0. The monoisotopic (exact) mass is 506 g/mol. The fourth-order valence-corrected chi connectivity index (χ4v) is 0. The van der Waals surface area contributed by atoms with Crippen molar-refractivity contribution in [2.45, 2.75) is 0 Å². The summed E-state index contributed by atoms with van der Waals surface area (Å²) < 4.78 is 8.33. The van der Waals surface area contributed by atoms with Gasteiger partial charge in [0.05, 0.1) is 0 Å². The van der Waals surface area contributed by atoms with Gasteiger partial charge in [0.1, 0.15) is 0 Å². The predicted octanol–water partition coefficient (Wildman–Crippen LogP) is 0.324. The molecule has 0 bridgehead atoms. The zero-order valence-corrected chi connectivity index (χ0v) is 9.89. The molecule has 0 aromatic heterocycles. The Morgan fingerprint density at radius 1 is 1.20 bits per heavy atom. The fraction of sp³-hybridized carbons (Fsp3) is 0. The second kappa shape index (κ2) is 40.7. The van der Waals surface area contributed by atoms with Gasteiger partial charge < -0.3 is 7.43 Å². The number of hydrogen-bond acceptors (Lipinski definition) is 1. The van der Waals surface area contributed by atoms with Crippen LogP contribution in [-0.4, -0.2) is 0 Å². The molecule has 35 valence electrons. The number of hydrogen-bond donors (Lipinski definition) is 0. The van der Waals surface area contributed by atoms with Gasteiger partial charge in [-0.3, -0.25) is 0 Å².